The van der Waals surface area contributed by atoms with Gasteiger partial charge < -0.3 is 19.9 Å². The van der Waals surface area contributed by atoms with E-state index in [4.69, 9.17) is 4.74 Å². The molecule has 8 heteroatoms. The number of carbonyl (C=O) groups is 1. The van der Waals surface area contributed by atoms with Crippen molar-refractivity contribution < 1.29 is 9.53 Å². The van der Waals surface area contributed by atoms with Crippen LogP contribution in [-0.4, -0.2) is 48.2 Å². The highest BCUT2D eigenvalue weighted by atomic mass is 127. The molecular formula is C11H15IN4O3. The normalized spacial score (nSPS) is 19.3. The highest BCUT2D eigenvalue weighted by Crippen LogP contribution is 2.19. The number of halogens is 1. The van der Waals surface area contributed by atoms with Crippen molar-refractivity contribution in [2.24, 2.45) is 0 Å². The number of piperazine rings is 1. The molecule has 1 unspecified atom stereocenters. The predicted molar refractivity (Wildman–Crippen MR) is 78.2 cm³/mol. The van der Waals surface area contributed by atoms with Gasteiger partial charge in [0.05, 0.1) is 12.9 Å². The molecule has 1 fully saturated rings. The van der Waals surface area contributed by atoms with Crippen molar-refractivity contribution in [1.29, 1.82) is 0 Å². The zero-order valence-corrected chi connectivity index (χ0v) is 12.6. The van der Waals surface area contributed by atoms with Crippen LogP contribution in [0.2, 0.25) is 0 Å². The van der Waals surface area contributed by atoms with Gasteiger partial charge in [-0.25, -0.2) is 9.78 Å². The zero-order chi connectivity index (χ0) is 13.8. The molecule has 0 bridgehead atoms. The summed E-state index contributed by atoms with van der Waals surface area (Å²) in [6.45, 7) is 3.94. The van der Waals surface area contributed by atoms with Gasteiger partial charge in [-0.3, -0.25) is 4.79 Å². The minimum atomic E-state index is -0.448. The first-order valence-electron chi connectivity index (χ1n) is 6.02. The van der Waals surface area contributed by atoms with Crippen molar-refractivity contribution in [3.05, 3.63) is 20.3 Å². The van der Waals surface area contributed by atoms with Crippen molar-refractivity contribution in [3.8, 4) is 0 Å². The van der Waals surface area contributed by atoms with E-state index >= 15 is 0 Å². The highest BCUT2D eigenvalue weighted by Gasteiger charge is 2.32. The number of esters is 1. The average Bonchev–Trinajstić information content (AvgIpc) is 2.42. The molecule has 0 spiro atoms. The average molecular weight is 378 g/mol. The van der Waals surface area contributed by atoms with Crippen LogP contribution in [-0.2, 0) is 9.53 Å². The summed E-state index contributed by atoms with van der Waals surface area (Å²) in [4.78, 5) is 32.1. The Hall–Kier alpha value is -1.16. The van der Waals surface area contributed by atoms with Gasteiger partial charge in [-0.1, -0.05) is 0 Å². The van der Waals surface area contributed by atoms with E-state index < -0.39 is 6.04 Å². The summed E-state index contributed by atoms with van der Waals surface area (Å²) in [6.07, 6.45) is 1.35. The Kier molecular flexibility index (Phi) is 4.75. The van der Waals surface area contributed by atoms with Crippen LogP contribution in [0, 0.1) is 3.57 Å². The molecule has 0 saturated carbocycles. The fourth-order valence-electron chi connectivity index (χ4n) is 1.98. The number of anilines is 1. The molecule has 0 amide bonds. The number of H-pyrrole nitrogens is 1. The summed E-state index contributed by atoms with van der Waals surface area (Å²) >= 11 is 1.94. The summed E-state index contributed by atoms with van der Waals surface area (Å²) in [7, 11) is 0. The molecule has 1 aromatic heterocycles. The Labute approximate surface area is 123 Å². The molecule has 1 saturated heterocycles. The van der Waals surface area contributed by atoms with Gasteiger partial charge in [0.2, 0.25) is 0 Å². The summed E-state index contributed by atoms with van der Waals surface area (Å²) < 4.78 is 5.55. The molecule has 0 aliphatic carbocycles. The monoisotopic (exact) mass is 378 g/mol. The molecule has 1 atom stereocenters. The number of rotatable bonds is 3. The van der Waals surface area contributed by atoms with Crippen molar-refractivity contribution >= 4 is 34.4 Å². The number of ether oxygens (including phenoxy) is 1. The Balaban J connectivity index is 2.31. The largest absolute Gasteiger partial charge is 0.464 e. The molecule has 0 aromatic carbocycles. The van der Waals surface area contributed by atoms with Gasteiger partial charge >= 0.3 is 5.97 Å². The number of aromatic nitrogens is 2. The van der Waals surface area contributed by atoms with Gasteiger partial charge in [-0.2, -0.15) is 0 Å². The summed E-state index contributed by atoms with van der Waals surface area (Å²) in [6, 6.07) is -0.448. The van der Waals surface area contributed by atoms with Crippen LogP contribution >= 0.6 is 22.6 Å². The van der Waals surface area contributed by atoms with Crippen molar-refractivity contribution in [3.63, 3.8) is 0 Å². The zero-order valence-electron chi connectivity index (χ0n) is 10.5. The van der Waals surface area contributed by atoms with Gasteiger partial charge in [-0.05, 0) is 29.5 Å². The molecular weight excluding hydrogens is 363 g/mol. The second-order valence-corrected chi connectivity index (χ2v) is 5.11. The van der Waals surface area contributed by atoms with Gasteiger partial charge in [0.15, 0.2) is 0 Å². The first-order chi connectivity index (χ1) is 9.15. The van der Waals surface area contributed by atoms with E-state index in [-0.39, 0.29) is 11.5 Å². The number of hydrogen-bond acceptors (Lipinski definition) is 6. The Morgan fingerprint density at radius 2 is 2.47 bits per heavy atom. The van der Waals surface area contributed by atoms with Gasteiger partial charge in [0.1, 0.15) is 15.4 Å². The topological polar surface area (TPSA) is 87.3 Å². The molecule has 1 aromatic rings. The van der Waals surface area contributed by atoms with Crippen molar-refractivity contribution in [2.75, 3.05) is 31.1 Å². The van der Waals surface area contributed by atoms with E-state index in [1.54, 1.807) is 6.92 Å². The first kappa shape index (κ1) is 14.3. The molecule has 2 heterocycles. The maximum atomic E-state index is 12.0. The van der Waals surface area contributed by atoms with Crippen LogP contribution in [0.25, 0.3) is 0 Å². The fourth-order valence-corrected chi connectivity index (χ4v) is 2.59. The van der Waals surface area contributed by atoms with Crippen LogP contribution in [0.4, 0.5) is 5.82 Å². The summed E-state index contributed by atoms with van der Waals surface area (Å²) in [5.74, 6) is 0.233. The number of carbonyl (C=O) groups excluding carboxylic acids is 1. The van der Waals surface area contributed by atoms with E-state index in [2.05, 4.69) is 15.3 Å². The molecule has 2 N–H and O–H groups in total. The molecule has 2 rings (SSSR count). The van der Waals surface area contributed by atoms with Gasteiger partial charge in [0.25, 0.3) is 5.56 Å². The Bertz CT molecular complexity index is 519. The molecule has 19 heavy (non-hydrogen) atoms. The van der Waals surface area contributed by atoms with E-state index in [0.29, 0.717) is 29.1 Å². The van der Waals surface area contributed by atoms with Crippen LogP contribution in [0.3, 0.4) is 0 Å². The number of hydrogen-bond donors (Lipinski definition) is 2. The lowest BCUT2D eigenvalue weighted by Gasteiger charge is -2.35. The van der Waals surface area contributed by atoms with E-state index in [9.17, 15) is 9.59 Å². The fraction of sp³-hybridized carbons (Fsp3) is 0.545. The van der Waals surface area contributed by atoms with Crippen LogP contribution in [0.1, 0.15) is 6.92 Å². The second kappa shape index (κ2) is 6.33. The minimum absolute atomic E-state index is 0.202. The van der Waals surface area contributed by atoms with Gasteiger partial charge in [-0.15, -0.1) is 0 Å². The third-order valence-corrected chi connectivity index (χ3v) is 3.82. The van der Waals surface area contributed by atoms with Crippen LogP contribution in [0.15, 0.2) is 11.1 Å². The van der Waals surface area contributed by atoms with Crippen LogP contribution in [0.5, 0.6) is 0 Å². The second-order valence-electron chi connectivity index (χ2n) is 4.03. The molecule has 104 valence electrons. The third-order valence-electron chi connectivity index (χ3n) is 2.85. The Morgan fingerprint density at radius 3 is 3.21 bits per heavy atom. The maximum Gasteiger partial charge on any atom is 0.330 e. The van der Waals surface area contributed by atoms with Crippen LogP contribution < -0.4 is 15.8 Å². The first-order valence-corrected chi connectivity index (χ1v) is 7.10. The molecule has 1 aliphatic rings. The number of aromatic amines is 1. The van der Waals surface area contributed by atoms with Crippen molar-refractivity contribution in [1.82, 2.24) is 15.3 Å². The quantitative estimate of drug-likeness (QED) is 0.556. The lowest BCUT2D eigenvalue weighted by molar-refractivity contribution is -0.144. The third kappa shape index (κ3) is 3.06. The van der Waals surface area contributed by atoms with E-state index in [0.717, 1.165) is 6.54 Å². The Morgan fingerprint density at radius 1 is 1.68 bits per heavy atom. The standard InChI is InChI=1S/C11H15IN4O3/c1-2-19-11(18)7-5-13-3-4-16(7)9-8(12)10(17)15-6-14-9/h6-7,13H,2-5H2,1H3,(H,14,15,17). The highest BCUT2D eigenvalue weighted by molar-refractivity contribution is 14.1. The van der Waals surface area contributed by atoms with Gasteiger partial charge in [0, 0.05) is 19.6 Å². The molecule has 7 nitrogen and oxygen atoms in total. The number of nitrogens with zero attached hydrogens (tertiary/aromatic N) is 2. The lowest BCUT2D eigenvalue weighted by Crippen LogP contribution is -2.56. The van der Waals surface area contributed by atoms with E-state index in [1.807, 2.05) is 27.5 Å². The number of nitrogens with one attached hydrogen (secondary N) is 2. The molecule has 1 aliphatic heterocycles. The smallest absolute Gasteiger partial charge is 0.330 e. The summed E-state index contributed by atoms with van der Waals surface area (Å²) in [5, 5.41) is 3.15. The maximum absolute atomic E-state index is 12.0. The lowest BCUT2D eigenvalue weighted by atomic mass is 10.2. The SMILES string of the molecule is CCOC(=O)C1CNCCN1c1nc[nH]c(=O)c1I. The predicted octanol–water partition coefficient (Wildman–Crippen LogP) is -0.284. The summed E-state index contributed by atoms with van der Waals surface area (Å²) in [5.41, 5.74) is -0.202. The molecule has 0 radical (unpaired) electrons. The van der Waals surface area contributed by atoms with Crippen molar-refractivity contribution in [2.45, 2.75) is 13.0 Å². The minimum Gasteiger partial charge on any atom is -0.464 e. The van der Waals surface area contributed by atoms with E-state index in [1.165, 1.54) is 6.33 Å².